The Morgan fingerprint density at radius 3 is 2.70 bits per heavy atom. The van der Waals surface area contributed by atoms with Crippen molar-refractivity contribution in [2.45, 2.75) is 19.8 Å². The maximum absolute atomic E-state index is 12.6. The maximum Gasteiger partial charge on any atom is 0.256 e. The molecule has 0 bridgehead atoms. The Bertz CT molecular complexity index is 508. The lowest BCUT2D eigenvalue weighted by Gasteiger charge is -2.30. The highest BCUT2D eigenvalue weighted by Crippen LogP contribution is 2.23. The molecular weight excluding hydrogens is 274 g/mol. The van der Waals surface area contributed by atoms with Crippen LogP contribution in [0.5, 0.6) is 0 Å². The van der Waals surface area contributed by atoms with Gasteiger partial charge in [0.15, 0.2) is 0 Å². The smallest absolute Gasteiger partial charge is 0.256 e. The second-order valence-electron chi connectivity index (χ2n) is 5.23. The number of hydrogen-bond acceptors (Lipinski definition) is 2. The minimum Gasteiger partial charge on any atom is -0.386 e. The molecule has 0 unspecified atom stereocenters. The Kier molecular flexibility index (Phi) is 5.01. The molecule has 0 aliphatic carbocycles. The third-order valence-corrected chi connectivity index (χ3v) is 3.88. The van der Waals surface area contributed by atoms with Crippen LogP contribution in [-0.2, 0) is 0 Å². The second kappa shape index (κ2) is 6.75. The number of nitrogens with zero attached hydrogens (tertiary/aromatic N) is 2. The summed E-state index contributed by atoms with van der Waals surface area (Å²) in [5.41, 5.74) is 6.85. The van der Waals surface area contributed by atoms with Crippen LogP contribution < -0.4 is 5.73 Å². The summed E-state index contributed by atoms with van der Waals surface area (Å²) in [5.74, 6) is 1.20. The number of nitrogens with two attached hydrogens (primary N) is 1. The quantitative estimate of drug-likeness (QED) is 0.529. The fourth-order valence-corrected chi connectivity index (χ4v) is 2.38. The monoisotopic (exact) mass is 293 g/mol. The third kappa shape index (κ3) is 3.51. The Morgan fingerprint density at radius 1 is 1.40 bits per heavy atom. The molecule has 1 aliphatic heterocycles. The highest BCUT2D eigenvalue weighted by Gasteiger charge is 2.23. The van der Waals surface area contributed by atoms with E-state index in [2.05, 4.69) is 11.9 Å². The van der Waals surface area contributed by atoms with Gasteiger partial charge in [-0.2, -0.15) is 0 Å². The van der Waals surface area contributed by atoms with Crippen molar-refractivity contribution in [1.29, 1.82) is 0 Å². The molecule has 2 N–H and O–H groups in total. The van der Waals surface area contributed by atoms with Crippen molar-refractivity contribution in [1.82, 2.24) is 4.90 Å². The van der Waals surface area contributed by atoms with E-state index in [1.165, 1.54) is 0 Å². The van der Waals surface area contributed by atoms with Gasteiger partial charge in [0, 0.05) is 13.1 Å². The molecule has 20 heavy (non-hydrogen) atoms. The first kappa shape index (κ1) is 14.9. The van der Waals surface area contributed by atoms with Crippen LogP contribution in [0.2, 0.25) is 0 Å². The maximum atomic E-state index is 12.6. The summed E-state index contributed by atoms with van der Waals surface area (Å²) in [4.78, 5) is 18.7. The number of hydrogen-bond donors (Lipinski definition) is 1. The van der Waals surface area contributed by atoms with Gasteiger partial charge < -0.3 is 10.6 Å². The van der Waals surface area contributed by atoms with E-state index in [9.17, 15) is 4.79 Å². The lowest BCUT2D eigenvalue weighted by molar-refractivity contribution is 0.0698. The van der Waals surface area contributed by atoms with E-state index in [1.807, 2.05) is 17.0 Å². The standard InChI is InChI=1S/C15H20ClN3O/c1-11-6-8-19(9-7-11)15(20)12-4-2-3-5-13(12)18-14(17)10-16/h2-5,11H,6-10H2,1H3,(H2,17,18). The van der Waals surface area contributed by atoms with E-state index in [-0.39, 0.29) is 11.8 Å². The summed E-state index contributed by atoms with van der Waals surface area (Å²) < 4.78 is 0. The highest BCUT2D eigenvalue weighted by atomic mass is 35.5. The molecule has 1 saturated heterocycles. The van der Waals surface area contributed by atoms with Gasteiger partial charge in [-0.15, -0.1) is 11.6 Å². The van der Waals surface area contributed by atoms with Crippen molar-refractivity contribution in [2.75, 3.05) is 19.0 Å². The number of aliphatic imine (C=N–C) groups is 1. The van der Waals surface area contributed by atoms with Gasteiger partial charge in [-0.1, -0.05) is 19.1 Å². The predicted molar refractivity (Wildman–Crippen MR) is 82.7 cm³/mol. The largest absolute Gasteiger partial charge is 0.386 e. The summed E-state index contributed by atoms with van der Waals surface area (Å²) >= 11 is 5.65. The summed E-state index contributed by atoms with van der Waals surface area (Å²) in [6, 6.07) is 7.27. The number of benzene rings is 1. The fraction of sp³-hybridized carbons (Fsp3) is 0.467. The molecule has 4 nitrogen and oxygen atoms in total. The minimum atomic E-state index is 0.0265. The van der Waals surface area contributed by atoms with Gasteiger partial charge >= 0.3 is 0 Å². The van der Waals surface area contributed by atoms with Crippen molar-refractivity contribution in [3.05, 3.63) is 29.8 Å². The highest BCUT2D eigenvalue weighted by molar-refractivity contribution is 6.28. The van der Waals surface area contributed by atoms with Crippen LogP contribution in [0.1, 0.15) is 30.1 Å². The Balaban J connectivity index is 2.22. The number of carbonyl (C=O) groups is 1. The molecule has 5 heteroatoms. The molecule has 108 valence electrons. The molecule has 0 spiro atoms. The van der Waals surface area contributed by atoms with Gasteiger partial charge in [0.25, 0.3) is 5.91 Å². The van der Waals surface area contributed by atoms with E-state index in [1.54, 1.807) is 12.1 Å². The van der Waals surface area contributed by atoms with Crippen LogP contribution in [-0.4, -0.2) is 35.6 Å². The molecule has 1 aliphatic rings. The average molecular weight is 294 g/mol. The van der Waals surface area contributed by atoms with E-state index >= 15 is 0 Å². The summed E-state index contributed by atoms with van der Waals surface area (Å²) in [6.07, 6.45) is 2.11. The van der Waals surface area contributed by atoms with Gasteiger partial charge in [-0.05, 0) is 30.9 Å². The van der Waals surface area contributed by atoms with Crippen molar-refractivity contribution in [2.24, 2.45) is 16.6 Å². The number of alkyl halides is 1. The number of rotatable bonds is 3. The summed E-state index contributed by atoms with van der Waals surface area (Å²) in [5, 5.41) is 0. The molecule has 2 rings (SSSR count). The number of amides is 1. The first-order chi connectivity index (χ1) is 9.61. The summed E-state index contributed by atoms with van der Waals surface area (Å²) in [6.45, 7) is 3.84. The van der Waals surface area contributed by atoms with Gasteiger partial charge in [0.2, 0.25) is 0 Å². The van der Waals surface area contributed by atoms with E-state index < -0.39 is 0 Å². The number of carbonyl (C=O) groups excluding carboxylic acids is 1. The zero-order valence-corrected chi connectivity index (χ0v) is 12.4. The molecule has 1 amide bonds. The lowest BCUT2D eigenvalue weighted by Crippen LogP contribution is -2.37. The van der Waals surface area contributed by atoms with E-state index in [0.29, 0.717) is 23.0 Å². The topological polar surface area (TPSA) is 58.7 Å². The zero-order valence-electron chi connectivity index (χ0n) is 11.7. The first-order valence-electron chi connectivity index (χ1n) is 6.89. The number of piperidine rings is 1. The predicted octanol–water partition coefficient (Wildman–Crippen LogP) is 2.79. The fourth-order valence-electron chi connectivity index (χ4n) is 2.32. The molecule has 0 saturated carbocycles. The van der Waals surface area contributed by atoms with E-state index in [4.69, 9.17) is 17.3 Å². The third-order valence-electron chi connectivity index (χ3n) is 3.61. The zero-order chi connectivity index (χ0) is 14.5. The molecular formula is C15H20ClN3O. The normalized spacial score (nSPS) is 17.3. The van der Waals surface area contributed by atoms with Crippen molar-refractivity contribution >= 4 is 29.0 Å². The molecule has 1 fully saturated rings. The van der Waals surface area contributed by atoms with Crippen LogP contribution in [0.4, 0.5) is 5.69 Å². The summed E-state index contributed by atoms with van der Waals surface area (Å²) in [7, 11) is 0. The van der Waals surface area contributed by atoms with Gasteiger partial charge in [0.05, 0.1) is 17.1 Å². The number of likely N-dealkylation sites (tertiary alicyclic amines) is 1. The molecule has 1 heterocycles. The van der Waals surface area contributed by atoms with Crippen LogP contribution in [0.25, 0.3) is 0 Å². The molecule has 1 aromatic carbocycles. The molecule has 0 radical (unpaired) electrons. The number of para-hydroxylation sites is 1. The van der Waals surface area contributed by atoms with Gasteiger partial charge in [-0.3, -0.25) is 4.79 Å². The minimum absolute atomic E-state index is 0.0265. The van der Waals surface area contributed by atoms with Gasteiger partial charge in [-0.25, -0.2) is 4.99 Å². The van der Waals surface area contributed by atoms with Crippen molar-refractivity contribution in [3.63, 3.8) is 0 Å². The lowest BCUT2D eigenvalue weighted by atomic mass is 9.98. The van der Waals surface area contributed by atoms with E-state index in [0.717, 1.165) is 25.9 Å². The van der Waals surface area contributed by atoms with Crippen LogP contribution >= 0.6 is 11.6 Å². The number of halogens is 1. The Labute approximate surface area is 124 Å². The van der Waals surface area contributed by atoms with Crippen molar-refractivity contribution < 1.29 is 4.79 Å². The number of amidine groups is 1. The first-order valence-corrected chi connectivity index (χ1v) is 7.42. The average Bonchev–Trinajstić information content (AvgIpc) is 2.48. The Morgan fingerprint density at radius 2 is 2.05 bits per heavy atom. The molecule has 0 aromatic heterocycles. The van der Waals surface area contributed by atoms with Gasteiger partial charge in [0.1, 0.15) is 5.84 Å². The van der Waals surface area contributed by atoms with Crippen molar-refractivity contribution in [3.8, 4) is 0 Å². The van der Waals surface area contributed by atoms with Crippen LogP contribution in [0, 0.1) is 5.92 Å². The van der Waals surface area contributed by atoms with Crippen LogP contribution in [0.15, 0.2) is 29.3 Å². The molecule has 0 atom stereocenters. The SMILES string of the molecule is CC1CCN(C(=O)c2ccccc2N=C(N)CCl)CC1. The van der Waals surface area contributed by atoms with Crippen LogP contribution in [0.3, 0.4) is 0 Å². The Hall–Kier alpha value is -1.55. The second-order valence-corrected chi connectivity index (χ2v) is 5.50. The molecule has 1 aromatic rings.